The summed E-state index contributed by atoms with van der Waals surface area (Å²) in [7, 11) is 1.89. The van der Waals surface area contributed by atoms with Crippen LogP contribution in [0, 0.1) is 0 Å². The Labute approximate surface area is 92.0 Å². The summed E-state index contributed by atoms with van der Waals surface area (Å²) < 4.78 is 4.94. The van der Waals surface area contributed by atoms with Crippen molar-refractivity contribution in [2.24, 2.45) is 0 Å². The van der Waals surface area contributed by atoms with E-state index in [0.717, 1.165) is 0 Å². The number of hydrogen-bond donors (Lipinski definition) is 0. The average Bonchev–Trinajstić information content (AvgIpc) is 2.21. The normalized spacial score (nSPS) is 21.3. The Morgan fingerprint density at radius 1 is 1.60 bits per heavy atom. The van der Waals surface area contributed by atoms with Crippen molar-refractivity contribution in [2.45, 2.75) is 32.6 Å². The van der Waals surface area contributed by atoms with Gasteiger partial charge in [0, 0.05) is 11.9 Å². The van der Waals surface area contributed by atoms with E-state index in [-0.39, 0.29) is 11.8 Å². The molecule has 3 nitrogen and oxygen atoms in total. The molecule has 0 N–H and O–H groups in total. The molecule has 0 saturated carbocycles. The Morgan fingerprint density at radius 3 is 2.93 bits per heavy atom. The smallest absolute Gasteiger partial charge is 0.302 e. The molecular formula is C11H17BNO2. The largest absolute Gasteiger partial charge is 0.466 e. The molecule has 4 heteroatoms. The molecule has 1 aliphatic heterocycles. The molecule has 0 aliphatic carbocycles. The molecular weight excluding hydrogens is 189 g/mol. The summed E-state index contributed by atoms with van der Waals surface area (Å²) in [6.45, 7) is 6.17. The summed E-state index contributed by atoms with van der Waals surface area (Å²) in [6, 6.07) is 0.298. The predicted molar refractivity (Wildman–Crippen MR) is 61.4 cm³/mol. The van der Waals surface area contributed by atoms with Crippen LogP contribution in [0.25, 0.3) is 0 Å². The zero-order valence-corrected chi connectivity index (χ0v) is 9.51. The lowest BCUT2D eigenvalue weighted by Gasteiger charge is -2.28. The molecule has 15 heavy (non-hydrogen) atoms. The number of esters is 1. The Kier molecular flexibility index (Phi) is 4.47. The summed E-state index contributed by atoms with van der Waals surface area (Å²) in [4.78, 5) is 13.4. The van der Waals surface area contributed by atoms with Crippen LogP contribution in [0.5, 0.6) is 0 Å². The van der Waals surface area contributed by atoms with Crippen LogP contribution in [-0.4, -0.2) is 30.8 Å². The lowest BCUT2D eigenvalue weighted by molar-refractivity contribution is -0.142. The lowest BCUT2D eigenvalue weighted by Crippen LogP contribution is -2.35. The predicted octanol–water partition coefficient (Wildman–Crippen LogP) is 1.75. The third-order valence-electron chi connectivity index (χ3n) is 2.28. The van der Waals surface area contributed by atoms with Gasteiger partial charge in [-0.3, -0.25) is 4.79 Å². The molecule has 1 heterocycles. The Bertz CT molecular complexity index is 276. The minimum Gasteiger partial charge on any atom is -0.466 e. The molecule has 0 spiro atoms. The van der Waals surface area contributed by atoms with Crippen molar-refractivity contribution in [3.63, 3.8) is 0 Å². The molecule has 2 unspecified atom stereocenters. The van der Waals surface area contributed by atoms with E-state index in [0.29, 0.717) is 12.6 Å². The molecule has 0 fully saturated rings. The van der Waals surface area contributed by atoms with Gasteiger partial charge in [0.2, 0.25) is 0 Å². The second-order valence-electron chi connectivity index (χ2n) is 3.60. The molecule has 0 aromatic carbocycles. The van der Waals surface area contributed by atoms with E-state index in [1.807, 2.05) is 44.4 Å². The van der Waals surface area contributed by atoms with Crippen molar-refractivity contribution in [3.05, 3.63) is 24.4 Å². The van der Waals surface area contributed by atoms with Gasteiger partial charge in [0.15, 0.2) is 0 Å². The van der Waals surface area contributed by atoms with E-state index in [4.69, 9.17) is 4.74 Å². The minimum absolute atomic E-state index is 0.173. The zero-order valence-electron chi connectivity index (χ0n) is 9.51. The first-order valence-electron chi connectivity index (χ1n) is 5.29. The van der Waals surface area contributed by atoms with Crippen LogP contribution in [0.2, 0.25) is 5.82 Å². The van der Waals surface area contributed by atoms with Crippen molar-refractivity contribution in [1.29, 1.82) is 0 Å². The summed E-state index contributed by atoms with van der Waals surface area (Å²) in [5.74, 6) is -0.379. The first kappa shape index (κ1) is 11.9. The van der Waals surface area contributed by atoms with Gasteiger partial charge in [-0.2, -0.15) is 0 Å². The molecule has 1 radical (unpaired) electrons. The molecule has 1 rings (SSSR count). The molecule has 0 aromatic rings. The molecule has 0 amide bonds. The highest BCUT2D eigenvalue weighted by Crippen LogP contribution is 2.13. The summed E-state index contributed by atoms with van der Waals surface area (Å²) in [6.07, 6.45) is 7.99. The van der Waals surface area contributed by atoms with Crippen LogP contribution in [0.4, 0.5) is 0 Å². The van der Waals surface area contributed by atoms with Crippen molar-refractivity contribution < 1.29 is 9.53 Å². The van der Waals surface area contributed by atoms with Gasteiger partial charge < -0.3 is 9.55 Å². The fourth-order valence-electron chi connectivity index (χ4n) is 1.39. The maximum Gasteiger partial charge on any atom is 0.302 e. The quantitative estimate of drug-likeness (QED) is 0.518. The highest BCUT2D eigenvalue weighted by atomic mass is 16.5. The van der Waals surface area contributed by atoms with E-state index >= 15 is 0 Å². The first-order valence-corrected chi connectivity index (χ1v) is 5.29. The molecule has 0 saturated heterocycles. The molecule has 0 bridgehead atoms. The molecule has 81 valence electrons. The Morgan fingerprint density at radius 2 is 2.33 bits per heavy atom. The maximum absolute atomic E-state index is 11.4. The third-order valence-corrected chi connectivity index (χ3v) is 2.28. The number of carbonyl (C=O) groups excluding carboxylic acids is 1. The number of hydrogen-bond acceptors (Lipinski definition) is 3. The lowest BCUT2D eigenvalue weighted by atomic mass is 9.73. The van der Waals surface area contributed by atoms with E-state index in [2.05, 4.69) is 13.0 Å². The number of allylic oxidation sites excluding steroid dienone is 2. The van der Waals surface area contributed by atoms with E-state index in [1.165, 1.54) is 0 Å². The average molecular weight is 206 g/mol. The zero-order chi connectivity index (χ0) is 11.3. The Balaban J connectivity index is 2.44. The minimum atomic E-state index is -0.205. The second-order valence-corrected chi connectivity index (χ2v) is 3.60. The standard InChI is InChI=1S/C11H17BNO2/c1-4-15-11(14)10(3)12-13-8-6-5-7-9(13)2/h5-10H,4H2,1-3H3. The van der Waals surface area contributed by atoms with E-state index < -0.39 is 0 Å². The summed E-state index contributed by atoms with van der Waals surface area (Å²) in [5, 5.41) is 0. The van der Waals surface area contributed by atoms with Crippen LogP contribution in [0.3, 0.4) is 0 Å². The fraction of sp³-hybridized carbons (Fsp3) is 0.545. The van der Waals surface area contributed by atoms with Gasteiger partial charge >= 0.3 is 5.97 Å². The SMILES string of the molecule is CCOC(=O)C(C)[B]N1C=CC=CC1C. The van der Waals surface area contributed by atoms with Gasteiger partial charge in [-0.15, -0.1) is 0 Å². The van der Waals surface area contributed by atoms with Gasteiger partial charge in [0.1, 0.15) is 0 Å². The second kappa shape index (κ2) is 5.64. The van der Waals surface area contributed by atoms with Crippen molar-refractivity contribution in [3.8, 4) is 0 Å². The van der Waals surface area contributed by atoms with Crippen LogP contribution < -0.4 is 0 Å². The maximum atomic E-state index is 11.4. The number of ether oxygens (including phenoxy) is 1. The molecule has 0 aromatic heterocycles. The number of rotatable bonds is 4. The molecule has 1 aliphatic rings. The van der Waals surface area contributed by atoms with Crippen LogP contribution in [-0.2, 0) is 9.53 Å². The highest BCUT2D eigenvalue weighted by molar-refractivity contribution is 6.41. The Hall–Kier alpha value is -1.19. The van der Waals surface area contributed by atoms with Crippen LogP contribution in [0.1, 0.15) is 20.8 Å². The third kappa shape index (κ3) is 3.46. The van der Waals surface area contributed by atoms with Crippen LogP contribution in [0.15, 0.2) is 24.4 Å². The van der Waals surface area contributed by atoms with Crippen molar-refractivity contribution in [1.82, 2.24) is 4.81 Å². The highest BCUT2D eigenvalue weighted by Gasteiger charge is 2.21. The van der Waals surface area contributed by atoms with Gasteiger partial charge in [-0.1, -0.05) is 19.1 Å². The van der Waals surface area contributed by atoms with Gasteiger partial charge in [-0.25, -0.2) is 0 Å². The van der Waals surface area contributed by atoms with Crippen molar-refractivity contribution >= 4 is 13.4 Å². The number of nitrogens with zero attached hydrogens (tertiary/aromatic N) is 1. The van der Waals surface area contributed by atoms with Crippen molar-refractivity contribution in [2.75, 3.05) is 6.61 Å². The fourth-order valence-corrected chi connectivity index (χ4v) is 1.39. The summed E-state index contributed by atoms with van der Waals surface area (Å²) >= 11 is 0. The van der Waals surface area contributed by atoms with Gasteiger partial charge in [0.05, 0.1) is 6.61 Å². The topological polar surface area (TPSA) is 29.5 Å². The number of carbonyl (C=O) groups is 1. The molecule has 2 atom stereocenters. The first-order chi connectivity index (χ1) is 7.15. The summed E-state index contributed by atoms with van der Waals surface area (Å²) in [5.41, 5.74) is 0. The van der Waals surface area contributed by atoms with Gasteiger partial charge in [0.25, 0.3) is 7.41 Å². The van der Waals surface area contributed by atoms with E-state index in [1.54, 1.807) is 0 Å². The monoisotopic (exact) mass is 206 g/mol. The van der Waals surface area contributed by atoms with E-state index in [9.17, 15) is 4.79 Å². The van der Waals surface area contributed by atoms with Crippen LogP contribution >= 0.6 is 0 Å². The van der Waals surface area contributed by atoms with Gasteiger partial charge in [-0.05, 0) is 26.1 Å².